The van der Waals surface area contributed by atoms with Gasteiger partial charge in [-0.05, 0) is 30.5 Å². The van der Waals surface area contributed by atoms with Crippen LogP contribution in [-0.4, -0.2) is 35.3 Å². The number of benzene rings is 2. The van der Waals surface area contributed by atoms with E-state index in [2.05, 4.69) is 0 Å². The van der Waals surface area contributed by atoms with E-state index in [-0.39, 0.29) is 24.8 Å². The fourth-order valence-corrected chi connectivity index (χ4v) is 4.59. The third kappa shape index (κ3) is 3.44. The molecule has 6 heteroatoms. The van der Waals surface area contributed by atoms with Gasteiger partial charge in [0.15, 0.2) is 0 Å². The van der Waals surface area contributed by atoms with Crippen molar-refractivity contribution in [2.75, 3.05) is 7.11 Å². The summed E-state index contributed by atoms with van der Waals surface area (Å²) in [6.45, 7) is 0.228. The van der Waals surface area contributed by atoms with E-state index in [9.17, 15) is 14.3 Å². The van der Waals surface area contributed by atoms with Crippen molar-refractivity contribution in [2.24, 2.45) is 0 Å². The van der Waals surface area contributed by atoms with E-state index in [1.54, 1.807) is 11.0 Å². The predicted molar refractivity (Wildman–Crippen MR) is 101 cm³/mol. The zero-order valence-corrected chi connectivity index (χ0v) is 15.8. The number of methoxy groups -OCH3 is 1. The number of carbonyl (C=O) groups excluding carboxylic acids is 1. The molecule has 2 aromatic carbocycles. The summed E-state index contributed by atoms with van der Waals surface area (Å²) in [6, 6.07) is 13.5. The Balaban J connectivity index is 1.49. The van der Waals surface area contributed by atoms with Crippen LogP contribution in [0.1, 0.15) is 36.8 Å². The summed E-state index contributed by atoms with van der Waals surface area (Å²) in [5.74, 6) is -0.0731. The largest absolute Gasteiger partial charge is 0.496 e. The average molecular weight is 385 g/mol. The number of aliphatic hydroxyl groups is 1. The smallest absolute Gasteiger partial charge is 0.410 e. The van der Waals surface area contributed by atoms with E-state index >= 15 is 0 Å². The summed E-state index contributed by atoms with van der Waals surface area (Å²) in [5.41, 5.74) is 0.361. The van der Waals surface area contributed by atoms with Gasteiger partial charge >= 0.3 is 6.09 Å². The van der Waals surface area contributed by atoms with Crippen molar-refractivity contribution in [1.29, 1.82) is 0 Å². The highest BCUT2D eigenvalue weighted by molar-refractivity contribution is 5.69. The Hall–Kier alpha value is -2.60. The zero-order chi connectivity index (χ0) is 19.7. The van der Waals surface area contributed by atoms with Crippen molar-refractivity contribution in [3.8, 4) is 5.75 Å². The van der Waals surface area contributed by atoms with Crippen molar-refractivity contribution in [2.45, 2.75) is 50.0 Å². The molecule has 2 bridgehead atoms. The summed E-state index contributed by atoms with van der Waals surface area (Å²) < 4.78 is 24.4. The first kappa shape index (κ1) is 18.7. The number of nitrogens with zero attached hydrogens (tertiary/aromatic N) is 1. The van der Waals surface area contributed by atoms with Gasteiger partial charge in [0, 0.05) is 36.6 Å². The number of amides is 1. The number of carbonyl (C=O) groups is 1. The van der Waals surface area contributed by atoms with Gasteiger partial charge in [-0.1, -0.05) is 30.3 Å². The van der Waals surface area contributed by atoms with Gasteiger partial charge in [-0.15, -0.1) is 0 Å². The van der Waals surface area contributed by atoms with Crippen LogP contribution in [0.25, 0.3) is 0 Å². The number of hydrogen-bond donors (Lipinski definition) is 1. The molecule has 2 saturated heterocycles. The number of halogens is 1. The maximum absolute atomic E-state index is 13.6. The van der Waals surface area contributed by atoms with Gasteiger partial charge in [0.1, 0.15) is 18.2 Å². The SMILES string of the molecule is COc1cc(F)ccc1C1(O)CC2CCC(C1)N2C(=O)OCc1ccccc1. The lowest BCUT2D eigenvalue weighted by Gasteiger charge is -2.43. The molecule has 0 aromatic heterocycles. The second-order valence-electron chi connectivity index (χ2n) is 7.62. The molecular formula is C22H24FNO4. The highest BCUT2D eigenvalue weighted by Gasteiger charge is 2.51. The molecule has 5 nitrogen and oxygen atoms in total. The summed E-state index contributed by atoms with van der Waals surface area (Å²) >= 11 is 0. The second kappa shape index (κ2) is 7.43. The minimum absolute atomic E-state index is 0.109. The lowest BCUT2D eigenvalue weighted by molar-refractivity contribution is -0.0548. The number of ether oxygens (including phenoxy) is 2. The Labute approximate surface area is 163 Å². The normalized spacial score (nSPS) is 26.2. The van der Waals surface area contributed by atoms with Gasteiger partial charge in [0.2, 0.25) is 0 Å². The predicted octanol–water partition coefficient (Wildman–Crippen LogP) is 3.99. The maximum Gasteiger partial charge on any atom is 0.410 e. The van der Waals surface area contributed by atoms with Crippen LogP contribution >= 0.6 is 0 Å². The zero-order valence-electron chi connectivity index (χ0n) is 15.8. The van der Waals surface area contributed by atoms with E-state index in [1.807, 2.05) is 30.3 Å². The standard InChI is InChI=1S/C22H24FNO4/c1-27-20-11-16(23)7-10-19(20)22(26)12-17-8-9-18(13-22)24(17)21(25)28-14-15-5-3-2-4-6-15/h2-7,10-11,17-18,26H,8-9,12-14H2,1H3. The van der Waals surface area contributed by atoms with Crippen LogP contribution in [0.15, 0.2) is 48.5 Å². The van der Waals surface area contributed by atoms with E-state index in [0.717, 1.165) is 18.4 Å². The van der Waals surface area contributed by atoms with Crippen molar-refractivity contribution in [1.82, 2.24) is 4.90 Å². The second-order valence-corrected chi connectivity index (χ2v) is 7.62. The van der Waals surface area contributed by atoms with Crippen LogP contribution in [0, 0.1) is 5.82 Å². The van der Waals surface area contributed by atoms with Crippen LogP contribution in [0.4, 0.5) is 9.18 Å². The van der Waals surface area contributed by atoms with E-state index in [0.29, 0.717) is 24.2 Å². The topological polar surface area (TPSA) is 59.0 Å². The molecule has 0 spiro atoms. The molecule has 0 radical (unpaired) electrons. The Morgan fingerprint density at radius 3 is 2.50 bits per heavy atom. The molecule has 28 heavy (non-hydrogen) atoms. The average Bonchev–Trinajstić information content (AvgIpc) is 2.98. The van der Waals surface area contributed by atoms with Crippen molar-refractivity contribution < 1.29 is 23.8 Å². The molecule has 0 saturated carbocycles. The Morgan fingerprint density at radius 1 is 1.18 bits per heavy atom. The fraction of sp³-hybridized carbons (Fsp3) is 0.409. The minimum Gasteiger partial charge on any atom is -0.496 e. The highest BCUT2D eigenvalue weighted by atomic mass is 19.1. The van der Waals surface area contributed by atoms with Crippen molar-refractivity contribution in [3.05, 3.63) is 65.5 Å². The Kier molecular flexibility index (Phi) is 4.98. The first-order valence-corrected chi connectivity index (χ1v) is 9.55. The molecule has 4 rings (SSSR count). The molecule has 2 aliphatic rings. The highest BCUT2D eigenvalue weighted by Crippen LogP contribution is 2.48. The lowest BCUT2D eigenvalue weighted by atomic mass is 9.80. The van der Waals surface area contributed by atoms with Crippen molar-refractivity contribution in [3.63, 3.8) is 0 Å². The van der Waals surface area contributed by atoms with Crippen LogP contribution in [0.3, 0.4) is 0 Å². The molecule has 0 aliphatic carbocycles. The van der Waals surface area contributed by atoms with E-state index < -0.39 is 11.4 Å². The fourth-order valence-electron chi connectivity index (χ4n) is 4.59. The van der Waals surface area contributed by atoms with Crippen LogP contribution in [-0.2, 0) is 16.9 Å². The van der Waals surface area contributed by atoms with Gasteiger partial charge in [0.25, 0.3) is 0 Å². The first-order chi connectivity index (χ1) is 13.5. The third-order valence-electron chi connectivity index (χ3n) is 5.85. The molecule has 2 unspecified atom stereocenters. The number of piperidine rings is 1. The third-order valence-corrected chi connectivity index (χ3v) is 5.85. The van der Waals surface area contributed by atoms with Gasteiger partial charge in [-0.3, -0.25) is 0 Å². The molecule has 2 aliphatic heterocycles. The van der Waals surface area contributed by atoms with Gasteiger partial charge in [-0.25, -0.2) is 9.18 Å². The molecule has 2 fully saturated rings. The maximum atomic E-state index is 13.6. The van der Waals surface area contributed by atoms with Gasteiger partial charge in [-0.2, -0.15) is 0 Å². The number of fused-ring (bicyclic) bond motifs is 2. The van der Waals surface area contributed by atoms with Gasteiger partial charge in [0.05, 0.1) is 12.7 Å². The monoisotopic (exact) mass is 385 g/mol. The van der Waals surface area contributed by atoms with Crippen LogP contribution in [0.5, 0.6) is 5.75 Å². The van der Waals surface area contributed by atoms with Crippen LogP contribution < -0.4 is 4.74 Å². The van der Waals surface area contributed by atoms with E-state index in [1.165, 1.54) is 19.2 Å². The van der Waals surface area contributed by atoms with Crippen molar-refractivity contribution >= 4 is 6.09 Å². The summed E-state index contributed by atoms with van der Waals surface area (Å²) in [4.78, 5) is 14.5. The molecule has 148 valence electrons. The Morgan fingerprint density at radius 2 is 1.86 bits per heavy atom. The number of hydrogen-bond acceptors (Lipinski definition) is 4. The van der Waals surface area contributed by atoms with Crippen LogP contribution in [0.2, 0.25) is 0 Å². The lowest BCUT2D eigenvalue weighted by Crippen LogP contribution is -2.52. The molecule has 2 atom stereocenters. The molecule has 2 heterocycles. The van der Waals surface area contributed by atoms with E-state index in [4.69, 9.17) is 9.47 Å². The summed E-state index contributed by atoms with van der Waals surface area (Å²) in [5, 5.41) is 11.4. The summed E-state index contributed by atoms with van der Waals surface area (Å²) in [6.07, 6.45) is 2.05. The first-order valence-electron chi connectivity index (χ1n) is 9.55. The molecule has 1 N–H and O–H groups in total. The number of rotatable bonds is 4. The Bertz CT molecular complexity index is 843. The molecule has 2 aromatic rings. The quantitative estimate of drug-likeness (QED) is 0.865. The molecular weight excluding hydrogens is 361 g/mol. The minimum atomic E-state index is -1.15. The van der Waals surface area contributed by atoms with Gasteiger partial charge < -0.3 is 19.5 Å². The molecule has 1 amide bonds. The summed E-state index contributed by atoms with van der Waals surface area (Å²) in [7, 11) is 1.46.